The molecule has 1 atom stereocenters. The molecule has 3 aromatic rings. The third-order valence-corrected chi connectivity index (χ3v) is 5.73. The number of anilines is 2. The van der Waals surface area contributed by atoms with Gasteiger partial charge < -0.3 is 15.4 Å². The highest BCUT2D eigenvalue weighted by Crippen LogP contribution is 2.24. The molecule has 0 aliphatic carbocycles. The van der Waals surface area contributed by atoms with Crippen molar-refractivity contribution in [3.63, 3.8) is 0 Å². The maximum Gasteiger partial charge on any atom is 0.340 e. The summed E-state index contributed by atoms with van der Waals surface area (Å²) in [5.74, 6) is -1.34. The summed E-state index contributed by atoms with van der Waals surface area (Å²) >= 11 is 1.15. The molecule has 1 heterocycles. The summed E-state index contributed by atoms with van der Waals surface area (Å²) in [4.78, 5) is 38.1. The molecule has 1 aromatic heterocycles. The third-order valence-electron chi connectivity index (χ3n) is 4.66. The van der Waals surface area contributed by atoms with Gasteiger partial charge in [0.2, 0.25) is 5.91 Å². The predicted octanol–water partition coefficient (Wildman–Crippen LogP) is 4.52. The van der Waals surface area contributed by atoms with Gasteiger partial charge in [-0.05, 0) is 57.2 Å². The smallest absolute Gasteiger partial charge is 0.340 e. The Hall–Kier alpha value is -3.66. The molecule has 1 unspecified atom stereocenters. The maximum atomic E-state index is 13.0. The summed E-state index contributed by atoms with van der Waals surface area (Å²) in [7, 11) is 0. The Morgan fingerprint density at radius 1 is 1.03 bits per heavy atom. The number of carbonyl (C=O) groups is 3. The van der Waals surface area contributed by atoms with Crippen molar-refractivity contribution in [3.8, 4) is 0 Å². The van der Waals surface area contributed by atoms with Crippen molar-refractivity contribution in [1.29, 1.82) is 0 Å². The Labute approximate surface area is 200 Å². The van der Waals surface area contributed by atoms with Gasteiger partial charge in [0.25, 0.3) is 5.91 Å². The van der Waals surface area contributed by atoms with E-state index in [0.29, 0.717) is 16.4 Å². The van der Waals surface area contributed by atoms with E-state index in [1.54, 1.807) is 41.2 Å². The Bertz CT molecular complexity index is 1160. The van der Waals surface area contributed by atoms with E-state index < -0.39 is 23.8 Å². The summed E-state index contributed by atoms with van der Waals surface area (Å²) < 4.78 is 20.0. The van der Waals surface area contributed by atoms with Gasteiger partial charge in [-0.25, -0.2) is 13.9 Å². The van der Waals surface area contributed by atoms with E-state index in [4.69, 9.17) is 4.74 Å². The van der Waals surface area contributed by atoms with E-state index in [2.05, 4.69) is 15.7 Å². The monoisotopic (exact) mass is 484 g/mol. The first kappa shape index (κ1) is 25.0. The first-order valence-electron chi connectivity index (χ1n) is 10.6. The van der Waals surface area contributed by atoms with Crippen LogP contribution in [0.25, 0.3) is 0 Å². The molecule has 34 heavy (non-hydrogen) atoms. The molecule has 2 N–H and O–H groups in total. The molecule has 0 bridgehead atoms. The van der Waals surface area contributed by atoms with Crippen molar-refractivity contribution in [2.24, 2.45) is 0 Å². The van der Waals surface area contributed by atoms with Gasteiger partial charge in [-0.1, -0.05) is 12.1 Å². The predicted molar refractivity (Wildman–Crippen MR) is 128 cm³/mol. The number of aromatic nitrogens is 2. The average molecular weight is 485 g/mol. The summed E-state index contributed by atoms with van der Waals surface area (Å²) in [6, 6.07) is 13.8. The van der Waals surface area contributed by atoms with Crippen LogP contribution in [0.1, 0.15) is 37.2 Å². The molecule has 178 valence electrons. The lowest BCUT2D eigenvalue weighted by molar-refractivity contribution is -0.123. The lowest BCUT2D eigenvalue weighted by Gasteiger charge is -2.16. The number of rotatable bonds is 9. The van der Waals surface area contributed by atoms with Gasteiger partial charge in [0.15, 0.2) is 6.10 Å². The summed E-state index contributed by atoms with van der Waals surface area (Å²) in [5, 5.41) is 9.53. The molecule has 2 aromatic carbocycles. The van der Waals surface area contributed by atoms with Gasteiger partial charge in [0.05, 0.1) is 17.5 Å². The normalized spacial score (nSPS) is 11.7. The second-order valence-corrected chi connectivity index (χ2v) is 8.65. The van der Waals surface area contributed by atoms with E-state index in [9.17, 15) is 18.8 Å². The largest absolute Gasteiger partial charge is 0.449 e. The summed E-state index contributed by atoms with van der Waals surface area (Å²) in [6.45, 7) is 5.34. The molecule has 0 aliphatic rings. The highest BCUT2D eigenvalue weighted by atomic mass is 32.2. The molecular weight excluding hydrogens is 459 g/mol. The molecule has 0 saturated heterocycles. The van der Waals surface area contributed by atoms with Gasteiger partial charge in [-0.2, -0.15) is 5.10 Å². The fraction of sp³-hybridized carbons (Fsp3) is 0.250. The van der Waals surface area contributed by atoms with E-state index in [-0.39, 0.29) is 23.3 Å². The van der Waals surface area contributed by atoms with Crippen molar-refractivity contribution in [2.75, 3.05) is 16.4 Å². The van der Waals surface area contributed by atoms with Gasteiger partial charge in [-0.15, -0.1) is 11.8 Å². The number of hydrogen-bond acceptors (Lipinski definition) is 6. The Balaban J connectivity index is 1.58. The van der Waals surface area contributed by atoms with E-state index in [1.165, 1.54) is 31.2 Å². The first-order valence-corrected chi connectivity index (χ1v) is 11.6. The quantitative estimate of drug-likeness (QED) is 0.342. The number of halogens is 1. The average Bonchev–Trinajstić information content (AvgIpc) is 3.27. The van der Waals surface area contributed by atoms with Crippen LogP contribution in [0.3, 0.4) is 0 Å². The zero-order valence-corrected chi connectivity index (χ0v) is 19.8. The SMILES string of the molecule is CC(OC(=O)c1ccccc1SCC(=O)Nc1ccc(F)cc1)C(=O)Nc1ccnn1C(C)C. The van der Waals surface area contributed by atoms with Gasteiger partial charge in [0.1, 0.15) is 11.6 Å². The number of nitrogens with one attached hydrogen (secondary N) is 2. The minimum absolute atomic E-state index is 0.0247. The molecule has 0 aliphatic heterocycles. The fourth-order valence-corrected chi connectivity index (χ4v) is 3.81. The summed E-state index contributed by atoms with van der Waals surface area (Å²) in [6.07, 6.45) is 0.522. The van der Waals surface area contributed by atoms with Crippen molar-refractivity contribution in [2.45, 2.75) is 37.8 Å². The van der Waals surface area contributed by atoms with Crippen LogP contribution >= 0.6 is 11.8 Å². The number of hydrogen-bond donors (Lipinski definition) is 2. The van der Waals surface area contributed by atoms with Gasteiger partial charge in [0, 0.05) is 22.7 Å². The zero-order valence-electron chi connectivity index (χ0n) is 18.9. The number of ether oxygens (including phenoxy) is 1. The third kappa shape index (κ3) is 6.67. The number of nitrogens with zero attached hydrogens (tertiary/aromatic N) is 2. The standard InChI is InChI=1S/C24H25FN4O4S/c1-15(2)29-21(12-13-26-29)28-23(31)16(3)33-24(32)19-6-4-5-7-20(19)34-14-22(30)27-18-10-8-17(25)9-11-18/h4-13,15-16H,14H2,1-3H3,(H,27,30)(H,28,31). The molecule has 10 heteroatoms. The highest BCUT2D eigenvalue weighted by Gasteiger charge is 2.22. The number of amides is 2. The second-order valence-electron chi connectivity index (χ2n) is 7.63. The molecule has 0 saturated carbocycles. The Morgan fingerprint density at radius 2 is 1.74 bits per heavy atom. The number of esters is 1. The fourth-order valence-electron chi connectivity index (χ4n) is 2.96. The second kappa shape index (κ2) is 11.5. The summed E-state index contributed by atoms with van der Waals surface area (Å²) in [5.41, 5.74) is 0.715. The van der Waals surface area contributed by atoms with E-state index in [0.717, 1.165) is 11.8 Å². The van der Waals surface area contributed by atoms with Crippen LogP contribution in [0.4, 0.5) is 15.9 Å². The van der Waals surface area contributed by atoms with Gasteiger partial charge in [-0.3, -0.25) is 9.59 Å². The lowest BCUT2D eigenvalue weighted by atomic mass is 10.2. The Kier molecular flexibility index (Phi) is 8.42. The van der Waals surface area contributed by atoms with Crippen molar-refractivity contribution in [1.82, 2.24) is 9.78 Å². The van der Waals surface area contributed by atoms with E-state index in [1.807, 2.05) is 13.8 Å². The van der Waals surface area contributed by atoms with Crippen LogP contribution in [0.2, 0.25) is 0 Å². The number of carbonyl (C=O) groups excluding carboxylic acids is 3. The minimum Gasteiger partial charge on any atom is -0.449 e. The van der Waals surface area contributed by atoms with Crippen LogP contribution in [-0.2, 0) is 14.3 Å². The molecule has 2 amide bonds. The van der Waals surface area contributed by atoms with Crippen LogP contribution < -0.4 is 10.6 Å². The molecule has 0 radical (unpaired) electrons. The van der Waals surface area contributed by atoms with Crippen LogP contribution in [-0.4, -0.2) is 39.4 Å². The maximum absolute atomic E-state index is 13.0. The first-order chi connectivity index (χ1) is 16.2. The molecule has 0 fully saturated rings. The van der Waals surface area contributed by atoms with Crippen molar-refractivity contribution >= 4 is 41.1 Å². The molecule has 0 spiro atoms. The van der Waals surface area contributed by atoms with Crippen molar-refractivity contribution in [3.05, 3.63) is 72.2 Å². The van der Waals surface area contributed by atoms with E-state index >= 15 is 0 Å². The molecule has 8 nitrogen and oxygen atoms in total. The van der Waals surface area contributed by atoms with Crippen molar-refractivity contribution < 1.29 is 23.5 Å². The van der Waals surface area contributed by atoms with Gasteiger partial charge >= 0.3 is 5.97 Å². The molecule has 3 rings (SSSR count). The number of benzene rings is 2. The van der Waals surface area contributed by atoms with Crippen LogP contribution in [0.15, 0.2) is 65.7 Å². The van der Waals surface area contributed by atoms with Crippen LogP contribution in [0, 0.1) is 5.82 Å². The van der Waals surface area contributed by atoms with Crippen LogP contribution in [0.5, 0.6) is 0 Å². The number of thioether (sulfide) groups is 1. The highest BCUT2D eigenvalue weighted by molar-refractivity contribution is 8.00. The lowest BCUT2D eigenvalue weighted by Crippen LogP contribution is -2.31. The Morgan fingerprint density at radius 3 is 2.44 bits per heavy atom. The minimum atomic E-state index is -1.05. The molecular formula is C24H25FN4O4S. The topological polar surface area (TPSA) is 102 Å². The zero-order chi connectivity index (χ0) is 24.7.